The summed E-state index contributed by atoms with van der Waals surface area (Å²) in [4.78, 5) is 5.21. The normalized spacial score (nSPS) is 14.8. The zero-order valence-electron chi connectivity index (χ0n) is 34.5. The molecule has 0 radical (unpaired) electrons. The second-order valence-electron chi connectivity index (χ2n) is 17.0. The van der Waals surface area contributed by atoms with Crippen molar-refractivity contribution >= 4 is 53.3 Å². The van der Waals surface area contributed by atoms with E-state index in [0.717, 1.165) is 61.8 Å². The molecule has 0 N–H and O–H groups in total. The van der Waals surface area contributed by atoms with Crippen molar-refractivity contribution in [3.05, 3.63) is 241 Å². The average Bonchev–Trinajstić information content (AvgIpc) is 3.92. The number of aromatic nitrogens is 2. The summed E-state index contributed by atoms with van der Waals surface area (Å²) >= 11 is 1.85. The van der Waals surface area contributed by atoms with E-state index in [1.54, 1.807) is 0 Å². The van der Waals surface area contributed by atoms with Gasteiger partial charge in [0, 0.05) is 58.8 Å². The first-order valence-electron chi connectivity index (χ1n) is 21.9. The van der Waals surface area contributed by atoms with Gasteiger partial charge in [-0.3, -0.25) is 0 Å². The highest BCUT2D eigenvalue weighted by Crippen LogP contribution is 2.61. The maximum atomic E-state index is 7.22. The number of nitrogens with zero attached hydrogens (tertiary/aromatic N) is 2. The van der Waals surface area contributed by atoms with E-state index in [9.17, 15) is 0 Å². The monoisotopic (exact) mass is 832 g/mol. The number of ether oxygens (including phenoxy) is 1. The molecule has 3 aromatic heterocycles. The average molecular weight is 833 g/mol. The van der Waals surface area contributed by atoms with Gasteiger partial charge in [0.25, 0.3) is 0 Å². The van der Waals surface area contributed by atoms with Gasteiger partial charge in [-0.2, -0.15) is 0 Å². The SMILES string of the molecule is c1ccc(-c2cc(-c3cccc4sc5ccc(-c6cccc7c6Oc6ccccc6C76c7ccccc7-n7c8ccccc8c8cccc6c87)cc5c34)cc(-c3ccccc3)n2)cc1. The highest BCUT2D eigenvalue weighted by molar-refractivity contribution is 7.26. The number of pyridine rings is 1. The molecule has 9 aromatic carbocycles. The van der Waals surface area contributed by atoms with Crippen LogP contribution in [0.25, 0.3) is 92.4 Å². The van der Waals surface area contributed by atoms with E-state index < -0.39 is 5.41 Å². The molecule has 0 amide bonds. The van der Waals surface area contributed by atoms with E-state index >= 15 is 0 Å². The van der Waals surface area contributed by atoms with Crippen LogP contribution >= 0.6 is 11.3 Å². The second-order valence-corrected chi connectivity index (χ2v) is 18.0. The van der Waals surface area contributed by atoms with Crippen LogP contribution in [0.5, 0.6) is 11.5 Å². The standard InChI is InChI=1S/C60H36N2OS/c1-3-16-37(17-4-1)50-35-40(36-51(61-50)38-18-5-2-6-19-38)41-21-15-31-56-57(41)45-34-39(32-33-55(45)64-56)42-22-13-27-49-59(42)63-54-30-12-9-25-47(54)60(49)46-24-8-11-29-53(46)62-52-28-10-7-20-43(52)44-23-14-26-48(60)58(44)62/h1-36H. The molecular weight excluding hydrogens is 797 g/mol. The van der Waals surface area contributed by atoms with Crippen LogP contribution in [0, 0.1) is 0 Å². The van der Waals surface area contributed by atoms with E-state index in [1.165, 1.54) is 64.4 Å². The third kappa shape index (κ3) is 4.89. The molecule has 0 bridgehead atoms. The quantitative estimate of drug-likeness (QED) is 0.177. The lowest BCUT2D eigenvalue weighted by molar-refractivity contribution is 0.435. The Balaban J connectivity index is 1.01. The summed E-state index contributed by atoms with van der Waals surface area (Å²) in [6.07, 6.45) is 0. The van der Waals surface area contributed by atoms with Crippen molar-refractivity contribution in [2.75, 3.05) is 0 Å². The van der Waals surface area contributed by atoms with Crippen LogP contribution in [0.3, 0.4) is 0 Å². The van der Waals surface area contributed by atoms with Crippen molar-refractivity contribution in [3.8, 4) is 62.0 Å². The maximum Gasteiger partial charge on any atom is 0.140 e. The van der Waals surface area contributed by atoms with Crippen molar-refractivity contribution in [3.63, 3.8) is 0 Å². The molecule has 2 aliphatic heterocycles. The van der Waals surface area contributed by atoms with Gasteiger partial charge in [-0.1, -0.05) is 170 Å². The minimum Gasteiger partial charge on any atom is -0.456 e. The fourth-order valence-corrected chi connectivity index (χ4v) is 12.1. The van der Waals surface area contributed by atoms with Gasteiger partial charge in [-0.25, -0.2) is 4.98 Å². The minimum absolute atomic E-state index is 0.638. The molecule has 12 aromatic rings. The van der Waals surface area contributed by atoms with Crippen LogP contribution in [-0.2, 0) is 5.41 Å². The molecule has 3 nitrogen and oxygen atoms in total. The Labute approximate surface area is 373 Å². The summed E-state index contributed by atoms with van der Waals surface area (Å²) in [5, 5.41) is 5.00. The van der Waals surface area contributed by atoms with Crippen molar-refractivity contribution in [2.24, 2.45) is 0 Å². The molecule has 5 heterocycles. The van der Waals surface area contributed by atoms with Crippen LogP contribution in [-0.4, -0.2) is 9.55 Å². The molecule has 0 fully saturated rings. The topological polar surface area (TPSA) is 27.1 Å². The Morgan fingerprint density at radius 2 is 1.06 bits per heavy atom. The summed E-state index contributed by atoms with van der Waals surface area (Å²) in [6, 6.07) is 79.4. The third-order valence-electron chi connectivity index (χ3n) is 13.7. The molecule has 298 valence electrons. The Morgan fingerprint density at radius 1 is 0.422 bits per heavy atom. The van der Waals surface area contributed by atoms with Gasteiger partial charge in [-0.05, 0) is 76.3 Å². The highest BCUT2D eigenvalue weighted by atomic mass is 32.1. The van der Waals surface area contributed by atoms with E-state index in [-0.39, 0.29) is 0 Å². The number of fused-ring (bicyclic) bond motifs is 14. The van der Waals surface area contributed by atoms with Crippen LogP contribution in [0.2, 0.25) is 0 Å². The first kappa shape index (κ1) is 35.5. The van der Waals surface area contributed by atoms with Gasteiger partial charge in [0.05, 0.1) is 33.5 Å². The van der Waals surface area contributed by atoms with Gasteiger partial charge < -0.3 is 9.30 Å². The molecule has 2 aliphatic rings. The largest absolute Gasteiger partial charge is 0.456 e. The molecule has 0 aliphatic carbocycles. The van der Waals surface area contributed by atoms with Crippen LogP contribution in [0.15, 0.2) is 218 Å². The summed E-state index contributed by atoms with van der Waals surface area (Å²) in [5.74, 6) is 1.77. The zero-order chi connectivity index (χ0) is 41.9. The fraction of sp³-hybridized carbons (Fsp3) is 0.0167. The molecule has 0 saturated carbocycles. The van der Waals surface area contributed by atoms with Gasteiger partial charge in [-0.15, -0.1) is 11.3 Å². The van der Waals surface area contributed by atoms with Crippen molar-refractivity contribution in [1.82, 2.24) is 9.55 Å². The first-order valence-corrected chi connectivity index (χ1v) is 22.7. The zero-order valence-corrected chi connectivity index (χ0v) is 35.3. The number of rotatable bonds is 4. The van der Waals surface area contributed by atoms with E-state index in [1.807, 2.05) is 11.3 Å². The van der Waals surface area contributed by atoms with Crippen LogP contribution in [0.1, 0.15) is 22.3 Å². The number of hydrogen-bond acceptors (Lipinski definition) is 3. The van der Waals surface area contributed by atoms with Gasteiger partial charge in [0.1, 0.15) is 11.5 Å². The van der Waals surface area contributed by atoms with E-state index in [2.05, 4.69) is 223 Å². The maximum absolute atomic E-state index is 7.22. The third-order valence-corrected chi connectivity index (χ3v) is 14.8. The summed E-state index contributed by atoms with van der Waals surface area (Å²) in [7, 11) is 0. The summed E-state index contributed by atoms with van der Waals surface area (Å²) < 4.78 is 12.2. The van der Waals surface area contributed by atoms with Gasteiger partial charge >= 0.3 is 0 Å². The van der Waals surface area contributed by atoms with E-state index in [4.69, 9.17) is 9.72 Å². The number of para-hydroxylation sites is 5. The van der Waals surface area contributed by atoms with Crippen molar-refractivity contribution < 1.29 is 4.74 Å². The molecule has 4 heteroatoms. The van der Waals surface area contributed by atoms with Gasteiger partial charge in [0.2, 0.25) is 0 Å². The second kappa shape index (κ2) is 13.5. The lowest BCUT2D eigenvalue weighted by Crippen LogP contribution is -2.37. The van der Waals surface area contributed by atoms with Crippen molar-refractivity contribution in [2.45, 2.75) is 5.41 Å². The van der Waals surface area contributed by atoms with Crippen LogP contribution in [0.4, 0.5) is 0 Å². The molecular formula is C60H36N2OS. The molecule has 14 rings (SSSR count). The minimum atomic E-state index is -0.638. The predicted octanol–water partition coefficient (Wildman–Crippen LogP) is 16.0. The molecule has 1 atom stereocenters. The number of thiophene rings is 1. The van der Waals surface area contributed by atoms with Gasteiger partial charge in [0.15, 0.2) is 0 Å². The number of benzene rings is 9. The molecule has 64 heavy (non-hydrogen) atoms. The smallest absolute Gasteiger partial charge is 0.140 e. The molecule has 1 spiro atoms. The number of hydrogen-bond donors (Lipinski definition) is 0. The Hall–Kier alpha value is -8.05. The van der Waals surface area contributed by atoms with E-state index in [0.29, 0.717) is 0 Å². The first-order chi connectivity index (χ1) is 31.7. The summed E-state index contributed by atoms with van der Waals surface area (Å²) in [5.41, 5.74) is 16.5. The Morgan fingerprint density at radius 3 is 1.89 bits per heavy atom. The molecule has 1 unspecified atom stereocenters. The predicted molar refractivity (Wildman–Crippen MR) is 265 cm³/mol. The fourth-order valence-electron chi connectivity index (χ4n) is 11.0. The van der Waals surface area contributed by atoms with Crippen LogP contribution < -0.4 is 4.74 Å². The van der Waals surface area contributed by atoms with Crippen molar-refractivity contribution in [1.29, 1.82) is 0 Å². The Bertz CT molecular complexity index is 3820. The lowest BCUT2D eigenvalue weighted by Gasteiger charge is -2.45. The highest BCUT2D eigenvalue weighted by Gasteiger charge is 2.50. The summed E-state index contributed by atoms with van der Waals surface area (Å²) in [6.45, 7) is 0. The lowest BCUT2D eigenvalue weighted by atomic mass is 9.61. The molecule has 0 saturated heterocycles. The Kier molecular flexibility index (Phi) is 7.48.